The van der Waals surface area contributed by atoms with Crippen LogP contribution in [-0.2, 0) is 119 Å². The molecule has 0 aromatic heterocycles. The summed E-state index contributed by atoms with van der Waals surface area (Å²) in [6, 6.07) is -0.606. The van der Waals surface area contributed by atoms with Crippen LogP contribution in [0.3, 0.4) is 0 Å². The Morgan fingerprint density at radius 1 is 0.281 bits per heavy atom. The molecule has 4 amide bonds. The molecule has 0 aromatic carbocycles. The van der Waals surface area contributed by atoms with Crippen molar-refractivity contribution in [2.45, 2.75) is 387 Å². The number of aliphatic hydroxyl groups is 30. The average Bonchev–Trinajstić information content (AvgIpc) is 0.788. The third kappa shape index (κ3) is 36.3. The second kappa shape index (κ2) is 63.7. The summed E-state index contributed by atoms with van der Waals surface area (Å²) in [7, 11) is 0. The molecule has 0 saturated carbocycles. The zero-order chi connectivity index (χ0) is 108. The molecule has 0 aromatic rings. The van der Waals surface area contributed by atoms with Crippen LogP contribution in [0.5, 0.6) is 0 Å². The Bertz CT molecular complexity index is 3630. The van der Waals surface area contributed by atoms with E-state index >= 15 is 0 Å². The summed E-state index contributed by atoms with van der Waals surface area (Å²) in [6.07, 6.45) is -72.5. The highest BCUT2D eigenvalue weighted by atomic mass is 16.8. The molecule has 9 aliphatic rings. The van der Waals surface area contributed by atoms with E-state index < -0.39 is 360 Å². The standard InChI is InChI=1S/C31H56N4O19.2C27H47NO18/c1-13(38)14(4-2-3-7-32)34-35-19(40)6-5-18(39)33-8-9-49-30-27(48)28(54-31-26(47)24(45)21(42)16(11-37)52-31)22(43)17(53-30)12-50-29-25(46)23(44)20(41)15(10-36)51-29;1-2-28-15(32)6-5-11(31)4-3-7-41-26-23(40)24(46-27-22(39)20(37)17(34)13(9-30)44-27)18(35)14(45-26)10-42-25-21(38)19(36)16(33)12(8-29)43-25;1-2-3-11(31)4-5-15(32)28-6-7-41-26-23(40)24(46-27-22(39)20(37)17(34)13(9-30)44-27)18(35)14(45-26)10-42-25-21(38)19(36)16(33)12(8-29)43-25/h14-17,20-31,34,36-37,41-48H,2-12,32H2,1H3,(H,33,39)(H,35,40);2*12-14,16-27,29-30,33-40H,2-10H2,1H3,(H,28,32)/t14-,15+,16+,17+,20+,21+,22+,23-,24-,25-,26-,27-,28-,29-,30+,31+;2*12-,13-,14-,16-,17-,18-,19+,20+,21+,22+,23+,24+,25+,26-,27-/m011/s1. The number of amides is 4. The van der Waals surface area contributed by atoms with E-state index in [1.165, 1.54) is 6.92 Å². The van der Waals surface area contributed by atoms with Gasteiger partial charge in [-0.25, -0.2) is 5.43 Å². The van der Waals surface area contributed by atoms with Crippen molar-refractivity contribution >= 4 is 41.0 Å². The zero-order valence-corrected chi connectivity index (χ0v) is 80.3. The van der Waals surface area contributed by atoms with Crippen LogP contribution in [0, 0.1) is 0 Å². The van der Waals surface area contributed by atoms with E-state index in [4.69, 9.17) is 91.0 Å². The number of hydrogen-bond donors (Lipinski definition) is 36. The van der Waals surface area contributed by atoms with Gasteiger partial charge in [0.25, 0.3) is 0 Å². The molecule has 9 saturated heterocycles. The van der Waals surface area contributed by atoms with E-state index in [1.807, 2.05) is 6.92 Å². The number of ether oxygens (including phenoxy) is 18. The fourth-order valence-electron chi connectivity index (χ4n) is 16.2. The molecule has 0 spiro atoms. The smallest absolute Gasteiger partial charge is 0.234 e. The van der Waals surface area contributed by atoms with Gasteiger partial charge in [0.1, 0.15) is 237 Å². The Hall–Kier alpha value is -5.11. The third-order valence-corrected chi connectivity index (χ3v) is 25.0. The predicted octanol–water partition coefficient (Wildman–Crippen LogP) is -20.5. The van der Waals surface area contributed by atoms with Crippen molar-refractivity contribution in [2.24, 2.45) is 5.73 Å². The largest absolute Gasteiger partial charge is 0.394 e. The van der Waals surface area contributed by atoms with Crippen LogP contribution in [0.25, 0.3) is 0 Å². The Labute approximate surface area is 834 Å². The van der Waals surface area contributed by atoms with Crippen LogP contribution in [0.1, 0.15) is 104 Å². The topological polar surface area (TPSA) is 979 Å². The highest BCUT2D eigenvalue weighted by Gasteiger charge is 2.58. The summed E-state index contributed by atoms with van der Waals surface area (Å²) in [5.41, 5.74) is 10.5. The van der Waals surface area contributed by atoms with E-state index in [9.17, 15) is 187 Å². The summed E-state index contributed by atoms with van der Waals surface area (Å²) in [6.45, 7) is -1.44. The zero-order valence-electron chi connectivity index (χ0n) is 80.3. The molecule has 46 atom stereocenters. The summed E-state index contributed by atoms with van der Waals surface area (Å²) in [4.78, 5) is 83.9. The summed E-state index contributed by atoms with van der Waals surface area (Å²) >= 11 is 0. The first kappa shape index (κ1) is 128. The van der Waals surface area contributed by atoms with Gasteiger partial charge in [-0.3, -0.25) is 39.0 Å². The van der Waals surface area contributed by atoms with E-state index in [2.05, 4.69) is 26.8 Å². The molecular formula is C85H150N6O55. The van der Waals surface area contributed by atoms with Gasteiger partial charge in [-0.15, -0.1) is 0 Å². The lowest BCUT2D eigenvalue weighted by Crippen LogP contribution is -2.65. The first-order valence-corrected chi connectivity index (χ1v) is 47.9. The van der Waals surface area contributed by atoms with Gasteiger partial charge in [0.2, 0.25) is 23.6 Å². The third-order valence-electron chi connectivity index (χ3n) is 25.0. The molecule has 0 aliphatic carbocycles. The molecular weight excluding hydrogens is 1980 g/mol. The number of nitrogens with two attached hydrogens (primary N) is 1. The van der Waals surface area contributed by atoms with Gasteiger partial charge >= 0.3 is 0 Å². The second-order valence-corrected chi connectivity index (χ2v) is 35.9. The first-order chi connectivity index (χ1) is 69.3. The van der Waals surface area contributed by atoms with Crippen LogP contribution in [0.4, 0.5) is 0 Å². The van der Waals surface area contributed by atoms with Gasteiger partial charge in [0.15, 0.2) is 56.6 Å². The molecule has 146 heavy (non-hydrogen) atoms. The normalized spacial score (nSPS) is 40.2. The Morgan fingerprint density at radius 3 is 0.842 bits per heavy atom. The lowest BCUT2D eigenvalue weighted by atomic mass is 9.96. The lowest BCUT2D eigenvalue weighted by molar-refractivity contribution is -0.366. The van der Waals surface area contributed by atoms with E-state index in [0.29, 0.717) is 45.2 Å². The minimum absolute atomic E-state index is 0.0208. The number of unbranched alkanes of at least 4 members (excludes halogenated alkanes) is 1. The number of aliphatic hydroxyl groups excluding tert-OH is 30. The minimum Gasteiger partial charge on any atom is -0.394 e. The van der Waals surface area contributed by atoms with E-state index in [-0.39, 0.29) is 108 Å². The second-order valence-electron chi connectivity index (χ2n) is 35.9. The lowest BCUT2D eigenvalue weighted by Gasteiger charge is -2.46. The van der Waals surface area contributed by atoms with Crippen LogP contribution < -0.4 is 32.5 Å². The molecule has 9 rings (SSSR count). The molecule has 0 radical (unpaired) electrons. The van der Waals surface area contributed by atoms with Crippen molar-refractivity contribution in [1.82, 2.24) is 26.8 Å². The van der Waals surface area contributed by atoms with Crippen molar-refractivity contribution in [3.8, 4) is 0 Å². The summed E-state index contributed by atoms with van der Waals surface area (Å²) < 4.78 is 99.1. The van der Waals surface area contributed by atoms with E-state index in [1.54, 1.807) is 6.92 Å². The molecule has 850 valence electrons. The molecule has 37 N–H and O–H groups in total. The average molecular weight is 2140 g/mol. The number of carbonyl (C=O) groups is 7. The number of carbonyl (C=O) groups excluding carboxylic acids is 7. The first-order valence-electron chi connectivity index (χ1n) is 47.9. The van der Waals surface area contributed by atoms with Gasteiger partial charge < -0.3 is 260 Å². The van der Waals surface area contributed by atoms with Crippen molar-refractivity contribution in [3.63, 3.8) is 0 Å². The summed E-state index contributed by atoms with van der Waals surface area (Å²) in [5, 5.41) is 314. The molecule has 0 bridgehead atoms. The number of rotatable bonds is 53. The number of ketones is 3. The van der Waals surface area contributed by atoms with Gasteiger partial charge in [-0.2, -0.15) is 0 Å². The quantitative estimate of drug-likeness (QED) is 0.0199. The number of hydrazine groups is 1. The summed E-state index contributed by atoms with van der Waals surface area (Å²) in [5.74, 6) is -2.18. The molecule has 9 aliphatic heterocycles. The molecule has 9 heterocycles. The Kier molecular flexibility index (Phi) is 55.7. The highest BCUT2D eigenvalue weighted by Crippen LogP contribution is 2.37. The van der Waals surface area contributed by atoms with Gasteiger partial charge in [0, 0.05) is 71.0 Å². The SMILES string of the molecule is CC(=O)[C@H](CCCCN)NNC(=O)CCC(=O)NCCO[C@@H]1O[C@H](CO[C@H]2O[C@H](CO)[C@@H](O)[C@H](O)[C@@H]2O)[C@@H](O)[C@H](O[C@H]2O[C@H](CO)[C@@H](O)[C@H](O)[C@@H]2O)[C@@H]1O.CCCC(=O)CCC(=O)NCCO[C@@H]1O[C@H](CO[C@H]2O[C@H](CO)[C@@H](O)[C@H](O)[C@@H]2O)[C@@H](O)[C@H](O[C@H]2O[C@H](CO)[C@@H](O)[C@H](O)[C@@H]2O)[C@@H]1O.CCNC(=O)CCC(=O)CCCO[C@@H]1O[C@H](CO[C@H]2O[C@H](CO)[C@@H](O)[C@H](O)[C@@H]2O)[C@@H](O)[C@H](O[C@H]2O[C@H](CO)[C@@H](O)[C@H](O)[C@@H]2O)[C@@H]1O. The fraction of sp³-hybridized carbons (Fsp3) is 0.918. The van der Waals surface area contributed by atoms with Crippen molar-refractivity contribution < 1.29 is 272 Å². The monoisotopic (exact) mass is 2130 g/mol. The predicted molar refractivity (Wildman–Crippen MR) is 470 cm³/mol. The molecule has 61 heteroatoms. The van der Waals surface area contributed by atoms with Crippen LogP contribution in [0.2, 0.25) is 0 Å². The number of hydrogen-bond acceptors (Lipinski definition) is 57. The molecule has 61 nitrogen and oxygen atoms in total. The van der Waals surface area contributed by atoms with Crippen molar-refractivity contribution in [1.29, 1.82) is 0 Å². The van der Waals surface area contributed by atoms with Gasteiger partial charge in [-0.1, -0.05) is 13.3 Å². The van der Waals surface area contributed by atoms with Crippen LogP contribution in [-0.4, -0.2) is 582 Å². The van der Waals surface area contributed by atoms with Gasteiger partial charge in [0.05, 0.1) is 85.3 Å². The van der Waals surface area contributed by atoms with Crippen molar-refractivity contribution in [2.75, 3.05) is 105 Å². The van der Waals surface area contributed by atoms with E-state index in [0.717, 1.165) is 0 Å². The maximum Gasteiger partial charge on any atom is 0.234 e. The van der Waals surface area contributed by atoms with Crippen LogP contribution in [0.15, 0.2) is 0 Å². The maximum atomic E-state index is 12.4. The highest BCUT2D eigenvalue weighted by molar-refractivity contribution is 5.86. The van der Waals surface area contributed by atoms with Gasteiger partial charge in [-0.05, 0) is 46.1 Å². The Balaban J connectivity index is 0.000000298. The van der Waals surface area contributed by atoms with Crippen LogP contribution >= 0.6 is 0 Å². The maximum absolute atomic E-state index is 12.4. The fourth-order valence-corrected chi connectivity index (χ4v) is 16.2. The number of nitrogens with one attached hydrogen (secondary N) is 5. The minimum atomic E-state index is -1.92. The van der Waals surface area contributed by atoms with Crippen molar-refractivity contribution in [3.05, 3.63) is 0 Å². The number of Topliss-reactive ketones (excluding diaryl/α,β-unsaturated/α-hetero) is 3. The molecule has 0 unspecified atom stereocenters. The Morgan fingerprint density at radius 2 is 0.548 bits per heavy atom. The molecule has 9 fully saturated rings.